The van der Waals surface area contributed by atoms with E-state index < -0.39 is 5.60 Å². The number of nitrogens with two attached hydrogens (primary N) is 1. The minimum atomic E-state index is -0.536. The molecule has 1 aliphatic rings. The van der Waals surface area contributed by atoms with Crippen molar-refractivity contribution in [2.45, 2.75) is 30.9 Å². The molecule has 1 heterocycles. The van der Waals surface area contributed by atoms with Gasteiger partial charge in [0.15, 0.2) is 0 Å². The zero-order valence-corrected chi connectivity index (χ0v) is 7.55. The third-order valence-corrected chi connectivity index (χ3v) is 3.05. The normalized spacial score (nSPS) is 34.7. The molecule has 66 valence electrons. The van der Waals surface area contributed by atoms with E-state index >= 15 is 0 Å². The predicted octanol–water partition coefficient (Wildman–Crippen LogP) is 0.538. The minimum Gasteiger partial charge on any atom is -0.389 e. The molecule has 3 N–H and O–H groups in total. The third-order valence-electron chi connectivity index (χ3n) is 2.27. The Labute approximate surface area is 75.2 Å². The van der Waals surface area contributed by atoms with Gasteiger partial charge in [-0.1, -0.05) is 0 Å². The van der Waals surface area contributed by atoms with Crippen molar-refractivity contribution in [1.82, 2.24) is 4.98 Å². The van der Waals surface area contributed by atoms with Gasteiger partial charge in [0, 0.05) is 23.5 Å². The number of thiazole rings is 1. The Hall–Kier alpha value is -0.450. The van der Waals surface area contributed by atoms with Gasteiger partial charge in [-0.25, -0.2) is 0 Å². The molecule has 1 saturated carbocycles. The highest BCUT2D eigenvalue weighted by molar-refractivity contribution is 7.09. The van der Waals surface area contributed by atoms with E-state index in [1.54, 1.807) is 16.8 Å². The average molecular weight is 184 g/mol. The summed E-state index contributed by atoms with van der Waals surface area (Å²) in [5, 5.41) is 9.85. The summed E-state index contributed by atoms with van der Waals surface area (Å²) in [6.45, 7) is 0. The Bertz CT molecular complexity index is 254. The molecule has 0 aliphatic heterocycles. The van der Waals surface area contributed by atoms with Gasteiger partial charge < -0.3 is 10.8 Å². The molecule has 0 aromatic carbocycles. The molecule has 0 saturated heterocycles. The molecule has 1 aliphatic carbocycles. The summed E-state index contributed by atoms with van der Waals surface area (Å²) >= 11 is 1.59. The summed E-state index contributed by atoms with van der Waals surface area (Å²) in [6, 6.07) is 0.197. The first-order valence-electron chi connectivity index (χ1n) is 4.03. The van der Waals surface area contributed by atoms with Gasteiger partial charge in [-0.05, 0) is 12.8 Å². The maximum absolute atomic E-state index is 9.85. The number of hydrogen-bond donors (Lipinski definition) is 2. The molecule has 12 heavy (non-hydrogen) atoms. The summed E-state index contributed by atoms with van der Waals surface area (Å²) in [4.78, 5) is 5.10. The Morgan fingerprint density at radius 1 is 1.75 bits per heavy atom. The standard InChI is InChI=1S/C8H12N2OS/c9-6-1-8(11,2-6)3-7-4-10-5-12-7/h4-6,11H,1-3,9H2. The van der Waals surface area contributed by atoms with Gasteiger partial charge >= 0.3 is 0 Å². The Kier molecular flexibility index (Phi) is 1.90. The fourth-order valence-corrected chi connectivity index (χ4v) is 2.45. The highest BCUT2D eigenvalue weighted by Crippen LogP contribution is 2.34. The van der Waals surface area contributed by atoms with Gasteiger partial charge in [0.25, 0.3) is 0 Å². The van der Waals surface area contributed by atoms with E-state index in [1.165, 1.54) is 0 Å². The third kappa shape index (κ3) is 1.50. The number of aromatic nitrogens is 1. The Balaban J connectivity index is 1.96. The predicted molar refractivity (Wildman–Crippen MR) is 48.0 cm³/mol. The number of rotatable bonds is 2. The molecule has 1 fully saturated rings. The van der Waals surface area contributed by atoms with Crippen molar-refractivity contribution in [3.8, 4) is 0 Å². The summed E-state index contributed by atoms with van der Waals surface area (Å²) in [6.07, 6.45) is 3.98. The first-order chi connectivity index (χ1) is 5.68. The fraction of sp³-hybridized carbons (Fsp3) is 0.625. The zero-order valence-electron chi connectivity index (χ0n) is 6.73. The van der Waals surface area contributed by atoms with Crippen LogP contribution in [-0.2, 0) is 6.42 Å². The van der Waals surface area contributed by atoms with Crippen LogP contribution in [0.2, 0.25) is 0 Å². The molecule has 3 nitrogen and oxygen atoms in total. The molecule has 0 spiro atoms. The first kappa shape index (κ1) is 8.16. The van der Waals surface area contributed by atoms with Crippen molar-refractivity contribution in [3.05, 3.63) is 16.6 Å². The van der Waals surface area contributed by atoms with Crippen LogP contribution in [0.25, 0.3) is 0 Å². The lowest BCUT2D eigenvalue weighted by atomic mass is 9.74. The van der Waals surface area contributed by atoms with E-state index in [2.05, 4.69) is 4.98 Å². The molecular formula is C8H12N2OS. The van der Waals surface area contributed by atoms with Crippen LogP contribution in [-0.4, -0.2) is 21.7 Å². The quantitative estimate of drug-likeness (QED) is 0.705. The SMILES string of the molecule is NC1CC(O)(Cc2cncs2)C1. The fourth-order valence-electron chi connectivity index (χ4n) is 1.71. The molecule has 0 unspecified atom stereocenters. The van der Waals surface area contributed by atoms with Gasteiger partial charge in [-0.3, -0.25) is 4.98 Å². The van der Waals surface area contributed by atoms with Crippen LogP contribution in [0.1, 0.15) is 17.7 Å². The van der Waals surface area contributed by atoms with Crippen LogP contribution < -0.4 is 5.73 Å². The van der Waals surface area contributed by atoms with Crippen molar-refractivity contribution in [1.29, 1.82) is 0 Å². The maximum Gasteiger partial charge on any atom is 0.0794 e. The van der Waals surface area contributed by atoms with E-state index in [0.717, 1.165) is 17.7 Å². The van der Waals surface area contributed by atoms with Crippen LogP contribution in [0, 0.1) is 0 Å². The first-order valence-corrected chi connectivity index (χ1v) is 4.91. The van der Waals surface area contributed by atoms with Gasteiger partial charge in [0.1, 0.15) is 0 Å². The zero-order chi connectivity index (χ0) is 8.60. The van der Waals surface area contributed by atoms with Crippen LogP contribution in [0.15, 0.2) is 11.7 Å². The number of hydrogen-bond acceptors (Lipinski definition) is 4. The topological polar surface area (TPSA) is 59.1 Å². The lowest BCUT2D eigenvalue weighted by Gasteiger charge is -2.41. The lowest BCUT2D eigenvalue weighted by molar-refractivity contribution is -0.0449. The maximum atomic E-state index is 9.85. The monoisotopic (exact) mass is 184 g/mol. The number of nitrogens with zero attached hydrogens (tertiary/aromatic N) is 1. The summed E-state index contributed by atoms with van der Waals surface area (Å²) < 4.78 is 0. The highest BCUT2D eigenvalue weighted by Gasteiger charge is 2.40. The second-order valence-electron chi connectivity index (χ2n) is 3.54. The largest absolute Gasteiger partial charge is 0.389 e. The smallest absolute Gasteiger partial charge is 0.0794 e. The van der Waals surface area contributed by atoms with E-state index in [-0.39, 0.29) is 6.04 Å². The summed E-state index contributed by atoms with van der Waals surface area (Å²) in [7, 11) is 0. The van der Waals surface area contributed by atoms with Gasteiger partial charge in [-0.2, -0.15) is 0 Å². The molecule has 4 heteroatoms. The van der Waals surface area contributed by atoms with Crippen LogP contribution >= 0.6 is 11.3 Å². The van der Waals surface area contributed by atoms with E-state index in [4.69, 9.17) is 5.73 Å². The summed E-state index contributed by atoms with van der Waals surface area (Å²) in [5.74, 6) is 0. The molecule has 2 rings (SSSR count). The van der Waals surface area contributed by atoms with E-state index in [9.17, 15) is 5.11 Å². The highest BCUT2D eigenvalue weighted by atomic mass is 32.1. The molecule has 1 aromatic heterocycles. The average Bonchev–Trinajstić information content (AvgIpc) is 2.36. The lowest BCUT2D eigenvalue weighted by Crippen LogP contribution is -2.52. The molecule has 0 radical (unpaired) electrons. The second-order valence-corrected chi connectivity index (χ2v) is 4.51. The van der Waals surface area contributed by atoms with Gasteiger partial charge in [0.05, 0.1) is 11.1 Å². The van der Waals surface area contributed by atoms with E-state index in [0.29, 0.717) is 6.42 Å². The van der Waals surface area contributed by atoms with Crippen LogP contribution in [0.5, 0.6) is 0 Å². The molecule has 0 atom stereocenters. The van der Waals surface area contributed by atoms with Gasteiger partial charge in [-0.15, -0.1) is 11.3 Å². The Morgan fingerprint density at radius 2 is 2.50 bits per heavy atom. The molecule has 0 amide bonds. The van der Waals surface area contributed by atoms with Crippen molar-refractivity contribution in [2.24, 2.45) is 5.73 Å². The molecule has 0 bridgehead atoms. The summed E-state index contributed by atoms with van der Waals surface area (Å²) in [5.41, 5.74) is 6.86. The van der Waals surface area contributed by atoms with Crippen LogP contribution in [0.4, 0.5) is 0 Å². The Morgan fingerprint density at radius 3 is 3.00 bits per heavy atom. The minimum absolute atomic E-state index is 0.197. The second kappa shape index (κ2) is 2.80. The van der Waals surface area contributed by atoms with Gasteiger partial charge in [0.2, 0.25) is 0 Å². The van der Waals surface area contributed by atoms with Crippen molar-refractivity contribution in [2.75, 3.05) is 0 Å². The van der Waals surface area contributed by atoms with E-state index in [1.807, 2.05) is 6.20 Å². The van der Waals surface area contributed by atoms with Crippen molar-refractivity contribution >= 4 is 11.3 Å². The van der Waals surface area contributed by atoms with Crippen LogP contribution in [0.3, 0.4) is 0 Å². The number of aliphatic hydroxyl groups is 1. The van der Waals surface area contributed by atoms with Crippen molar-refractivity contribution in [3.63, 3.8) is 0 Å². The molecule has 1 aromatic rings. The molecular weight excluding hydrogens is 172 g/mol. The van der Waals surface area contributed by atoms with Crippen molar-refractivity contribution < 1.29 is 5.11 Å².